The van der Waals surface area contributed by atoms with Crippen LogP contribution in [-0.2, 0) is 0 Å². The van der Waals surface area contributed by atoms with Crippen LogP contribution in [0.5, 0.6) is 0 Å². The number of anilines is 1. The van der Waals surface area contributed by atoms with Gasteiger partial charge in [-0.25, -0.2) is 0 Å². The van der Waals surface area contributed by atoms with Gasteiger partial charge in [0, 0.05) is 11.3 Å². The first-order valence-corrected chi connectivity index (χ1v) is 5.93. The van der Waals surface area contributed by atoms with Gasteiger partial charge >= 0.3 is 0 Å². The highest BCUT2D eigenvalue weighted by Gasteiger charge is 2.16. The van der Waals surface area contributed by atoms with Crippen molar-refractivity contribution in [2.75, 3.05) is 5.73 Å². The number of nitrogen functional groups attached to an aromatic ring is 1. The van der Waals surface area contributed by atoms with E-state index in [9.17, 15) is 4.79 Å². The standard InChI is InChI=1S/C13H13NOS/c1-8-4-3-5-10(11(8)14)12(15)13-9(2)6-7-16-13/h3-7H,14H2,1-2H3. The summed E-state index contributed by atoms with van der Waals surface area (Å²) < 4.78 is 0. The fourth-order valence-corrected chi connectivity index (χ4v) is 2.49. The fourth-order valence-electron chi connectivity index (χ4n) is 1.61. The van der Waals surface area contributed by atoms with Crippen molar-refractivity contribution in [3.63, 3.8) is 0 Å². The number of hydrogen-bond acceptors (Lipinski definition) is 3. The molecule has 2 aromatic rings. The number of nitrogens with two attached hydrogens (primary N) is 1. The zero-order chi connectivity index (χ0) is 11.7. The molecule has 2 rings (SSSR count). The average molecular weight is 231 g/mol. The van der Waals surface area contributed by atoms with Crippen molar-refractivity contribution in [1.82, 2.24) is 0 Å². The van der Waals surface area contributed by atoms with Crippen molar-refractivity contribution in [2.45, 2.75) is 13.8 Å². The Morgan fingerprint density at radius 2 is 1.94 bits per heavy atom. The van der Waals surface area contributed by atoms with Gasteiger partial charge in [0.2, 0.25) is 5.78 Å². The van der Waals surface area contributed by atoms with Crippen LogP contribution in [0.2, 0.25) is 0 Å². The van der Waals surface area contributed by atoms with Crippen LogP contribution < -0.4 is 5.73 Å². The molecule has 0 radical (unpaired) electrons. The molecular weight excluding hydrogens is 218 g/mol. The van der Waals surface area contributed by atoms with Crippen LogP contribution in [0, 0.1) is 13.8 Å². The predicted molar refractivity (Wildman–Crippen MR) is 68.1 cm³/mol. The lowest BCUT2D eigenvalue weighted by atomic mass is 10.0. The van der Waals surface area contributed by atoms with Crippen LogP contribution in [-0.4, -0.2) is 5.78 Å². The van der Waals surface area contributed by atoms with Crippen LogP contribution in [0.25, 0.3) is 0 Å². The molecule has 0 fully saturated rings. The zero-order valence-electron chi connectivity index (χ0n) is 9.28. The van der Waals surface area contributed by atoms with Gasteiger partial charge in [-0.15, -0.1) is 11.3 Å². The third-order valence-corrected chi connectivity index (χ3v) is 3.65. The van der Waals surface area contributed by atoms with E-state index in [1.165, 1.54) is 11.3 Å². The maximum Gasteiger partial charge on any atom is 0.205 e. The molecular formula is C13H13NOS. The van der Waals surface area contributed by atoms with Crippen molar-refractivity contribution < 1.29 is 4.79 Å². The number of carbonyl (C=O) groups is 1. The predicted octanol–water partition coefficient (Wildman–Crippen LogP) is 3.18. The lowest BCUT2D eigenvalue weighted by Gasteiger charge is -2.06. The molecule has 0 bridgehead atoms. The lowest BCUT2D eigenvalue weighted by molar-refractivity contribution is 0.104. The largest absolute Gasteiger partial charge is 0.398 e. The van der Waals surface area contributed by atoms with E-state index in [1.807, 2.05) is 37.4 Å². The molecule has 0 spiro atoms. The molecule has 82 valence electrons. The summed E-state index contributed by atoms with van der Waals surface area (Å²) in [6.45, 7) is 3.85. The molecule has 16 heavy (non-hydrogen) atoms. The number of benzene rings is 1. The van der Waals surface area contributed by atoms with Gasteiger partial charge in [-0.2, -0.15) is 0 Å². The number of rotatable bonds is 2. The molecule has 2 nitrogen and oxygen atoms in total. The summed E-state index contributed by atoms with van der Waals surface area (Å²) in [5.41, 5.74) is 9.06. The third kappa shape index (κ3) is 1.74. The minimum atomic E-state index is 0.0219. The van der Waals surface area contributed by atoms with Crippen molar-refractivity contribution >= 4 is 22.8 Å². The van der Waals surface area contributed by atoms with E-state index in [2.05, 4.69) is 0 Å². The van der Waals surface area contributed by atoms with Gasteiger partial charge in [-0.1, -0.05) is 12.1 Å². The maximum absolute atomic E-state index is 12.2. The van der Waals surface area contributed by atoms with E-state index < -0.39 is 0 Å². The number of para-hydroxylation sites is 1. The Kier molecular flexibility index (Phi) is 2.79. The summed E-state index contributed by atoms with van der Waals surface area (Å²) in [4.78, 5) is 13.0. The molecule has 1 aromatic heterocycles. The molecule has 0 aliphatic heterocycles. The maximum atomic E-state index is 12.2. The van der Waals surface area contributed by atoms with Crippen LogP contribution >= 0.6 is 11.3 Å². The van der Waals surface area contributed by atoms with E-state index in [0.29, 0.717) is 11.3 Å². The molecule has 2 N–H and O–H groups in total. The Morgan fingerprint density at radius 3 is 2.56 bits per heavy atom. The van der Waals surface area contributed by atoms with E-state index >= 15 is 0 Å². The molecule has 0 saturated carbocycles. The monoisotopic (exact) mass is 231 g/mol. The lowest BCUT2D eigenvalue weighted by Crippen LogP contribution is -2.06. The van der Waals surface area contributed by atoms with Gasteiger partial charge < -0.3 is 5.73 Å². The number of ketones is 1. The molecule has 0 amide bonds. The Morgan fingerprint density at radius 1 is 1.19 bits per heavy atom. The van der Waals surface area contributed by atoms with Crippen molar-refractivity contribution in [2.24, 2.45) is 0 Å². The second-order valence-electron chi connectivity index (χ2n) is 3.80. The molecule has 0 atom stereocenters. The Bertz CT molecular complexity index is 543. The van der Waals surface area contributed by atoms with Crippen molar-refractivity contribution in [3.8, 4) is 0 Å². The first-order chi connectivity index (χ1) is 7.61. The normalized spacial score (nSPS) is 10.4. The minimum absolute atomic E-state index is 0.0219. The van der Waals surface area contributed by atoms with Gasteiger partial charge in [0.25, 0.3) is 0 Å². The molecule has 0 saturated heterocycles. The first kappa shape index (κ1) is 10.9. The van der Waals surface area contributed by atoms with Gasteiger partial charge in [-0.05, 0) is 42.5 Å². The van der Waals surface area contributed by atoms with E-state index in [0.717, 1.165) is 16.0 Å². The quantitative estimate of drug-likeness (QED) is 0.637. The minimum Gasteiger partial charge on any atom is -0.398 e. The zero-order valence-corrected chi connectivity index (χ0v) is 10.1. The summed E-state index contributed by atoms with van der Waals surface area (Å²) in [7, 11) is 0. The molecule has 3 heteroatoms. The van der Waals surface area contributed by atoms with Gasteiger partial charge in [0.05, 0.1) is 4.88 Å². The van der Waals surface area contributed by atoms with Crippen LogP contribution in [0.15, 0.2) is 29.6 Å². The highest BCUT2D eigenvalue weighted by molar-refractivity contribution is 7.12. The van der Waals surface area contributed by atoms with E-state index in [-0.39, 0.29) is 5.78 Å². The topological polar surface area (TPSA) is 43.1 Å². The van der Waals surface area contributed by atoms with Gasteiger partial charge in [0.1, 0.15) is 0 Å². The summed E-state index contributed by atoms with van der Waals surface area (Å²) in [5.74, 6) is 0.0219. The van der Waals surface area contributed by atoms with Gasteiger partial charge in [0.15, 0.2) is 0 Å². The fraction of sp³-hybridized carbons (Fsp3) is 0.154. The summed E-state index contributed by atoms with van der Waals surface area (Å²) in [6.07, 6.45) is 0. The van der Waals surface area contributed by atoms with Crippen LogP contribution in [0.1, 0.15) is 26.4 Å². The number of thiophene rings is 1. The second-order valence-corrected chi connectivity index (χ2v) is 4.71. The number of aryl methyl sites for hydroxylation is 2. The SMILES string of the molecule is Cc1ccsc1C(=O)c1cccc(C)c1N. The summed E-state index contributed by atoms with van der Waals surface area (Å²) in [6, 6.07) is 7.50. The van der Waals surface area contributed by atoms with E-state index in [1.54, 1.807) is 6.07 Å². The molecule has 0 aliphatic rings. The van der Waals surface area contributed by atoms with Crippen molar-refractivity contribution in [3.05, 3.63) is 51.2 Å². The third-order valence-electron chi connectivity index (χ3n) is 2.64. The van der Waals surface area contributed by atoms with E-state index in [4.69, 9.17) is 5.73 Å². The molecule has 0 unspecified atom stereocenters. The summed E-state index contributed by atoms with van der Waals surface area (Å²) >= 11 is 1.46. The highest BCUT2D eigenvalue weighted by Crippen LogP contribution is 2.24. The van der Waals surface area contributed by atoms with Crippen LogP contribution in [0.4, 0.5) is 5.69 Å². The molecule has 1 aromatic carbocycles. The smallest absolute Gasteiger partial charge is 0.205 e. The Labute approximate surface area is 98.7 Å². The Hall–Kier alpha value is -1.61. The number of hydrogen-bond donors (Lipinski definition) is 1. The number of carbonyl (C=O) groups excluding carboxylic acids is 1. The first-order valence-electron chi connectivity index (χ1n) is 5.05. The molecule has 1 heterocycles. The second kappa shape index (κ2) is 4.10. The highest BCUT2D eigenvalue weighted by atomic mass is 32.1. The van der Waals surface area contributed by atoms with Crippen molar-refractivity contribution in [1.29, 1.82) is 0 Å². The Balaban J connectivity index is 2.50. The van der Waals surface area contributed by atoms with Gasteiger partial charge in [-0.3, -0.25) is 4.79 Å². The van der Waals surface area contributed by atoms with Crippen LogP contribution in [0.3, 0.4) is 0 Å². The average Bonchev–Trinajstić information content (AvgIpc) is 2.68. The summed E-state index contributed by atoms with van der Waals surface area (Å²) in [5, 5.41) is 1.93. The molecule has 0 aliphatic carbocycles.